The summed E-state index contributed by atoms with van der Waals surface area (Å²) in [5.41, 5.74) is 0. The fourth-order valence-corrected chi connectivity index (χ4v) is 9.19. The van der Waals surface area contributed by atoms with Crippen LogP contribution in [-0.2, 0) is 61.7 Å². The maximum atomic E-state index is 13.0. The molecule has 6 aliphatic rings. The highest BCUT2D eigenvalue weighted by Gasteiger charge is 2.59. The molecule has 0 saturated carbocycles. The van der Waals surface area contributed by atoms with Crippen molar-refractivity contribution in [3.8, 4) is 0 Å². The first-order valence-corrected chi connectivity index (χ1v) is 22.8. The Balaban J connectivity index is 1.35. The SMILES string of the molecule is CC(=O)N[C@H]1[C@H](O[C@H]2[C@@H](O)[C@@H](CO)O[C@@H](O[C@H]3[C@H](O[C@@H]4O[C@@H](C)[C@@H](O)[C@@H](O)[C@@H]4O)[C@@H](NC(C)=O)C(O)O[C@@H]3CO)[C@@H]2O)O[C@H](CO)[C@@H](O[C@@H]2O[C@@H](C)[C@@H](O)[C@@H](O)[C@@H]2O)[C@@H]1O[C@@H]1O[C@H](CO)[C@H](O)[C@H](O)[C@H]1O. The van der Waals surface area contributed by atoms with Gasteiger partial charge in [0.25, 0.3) is 0 Å². The lowest BCUT2D eigenvalue weighted by Crippen LogP contribution is -2.71. The predicted molar refractivity (Wildman–Crippen MR) is 220 cm³/mol. The summed E-state index contributed by atoms with van der Waals surface area (Å²) >= 11 is 0. The largest absolute Gasteiger partial charge is 0.394 e. The van der Waals surface area contributed by atoms with E-state index in [4.69, 9.17) is 52.1 Å². The van der Waals surface area contributed by atoms with Crippen LogP contribution in [0.4, 0.5) is 0 Å². The van der Waals surface area contributed by atoms with E-state index in [0.717, 1.165) is 13.8 Å². The van der Waals surface area contributed by atoms with Gasteiger partial charge in [0.05, 0.1) is 38.6 Å². The Bertz CT molecular complexity index is 1710. The number of carbonyl (C=O) groups is 2. The Morgan fingerprint density at radius 3 is 1.15 bits per heavy atom. The molecule has 0 aliphatic carbocycles. The zero-order valence-electron chi connectivity index (χ0n) is 38.6. The maximum absolute atomic E-state index is 13.0. The van der Waals surface area contributed by atoms with Gasteiger partial charge in [-0.15, -0.1) is 0 Å². The molecule has 6 heterocycles. The number of amides is 2. The molecule has 31 nitrogen and oxygen atoms in total. The molecule has 6 fully saturated rings. The van der Waals surface area contributed by atoms with Gasteiger partial charge < -0.3 is 144 Å². The quantitative estimate of drug-likeness (QED) is 0.0682. The van der Waals surface area contributed by atoms with Crippen molar-refractivity contribution in [3.63, 3.8) is 0 Å². The molecule has 6 aliphatic heterocycles. The van der Waals surface area contributed by atoms with Crippen molar-refractivity contribution in [2.24, 2.45) is 0 Å². The molecular formula is C40H68N2O29. The van der Waals surface area contributed by atoms with Crippen LogP contribution in [0.2, 0.25) is 0 Å². The van der Waals surface area contributed by atoms with Gasteiger partial charge in [-0.1, -0.05) is 0 Å². The highest BCUT2D eigenvalue weighted by atomic mass is 16.8. The van der Waals surface area contributed by atoms with Crippen LogP contribution in [-0.4, -0.2) is 304 Å². The second kappa shape index (κ2) is 24.7. The summed E-state index contributed by atoms with van der Waals surface area (Å²) in [6.45, 7) is 0.706. The molecule has 31 heteroatoms. The minimum atomic E-state index is -2.25. The number of hydrogen-bond donors (Lipinski definition) is 18. The molecule has 0 aromatic rings. The smallest absolute Gasteiger partial charge is 0.217 e. The van der Waals surface area contributed by atoms with Crippen LogP contribution in [0.3, 0.4) is 0 Å². The summed E-state index contributed by atoms with van der Waals surface area (Å²) in [7, 11) is 0. The zero-order chi connectivity index (χ0) is 52.5. The van der Waals surface area contributed by atoms with Crippen LogP contribution in [0.15, 0.2) is 0 Å². The van der Waals surface area contributed by atoms with Gasteiger partial charge in [-0.05, 0) is 13.8 Å². The van der Waals surface area contributed by atoms with Crippen molar-refractivity contribution in [2.45, 2.75) is 212 Å². The third-order valence-electron chi connectivity index (χ3n) is 13.2. The zero-order valence-corrected chi connectivity index (χ0v) is 38.6. The van der Waals surface area contributed by atoms with Crippen molar-refractivity contribution < 1.29 is 143 Å². The number of hydrogen-bond acceptors (Lipinski definition) is 29. The van der Waals surface area contributed by atoms with Gasteiger partial charge in [-0.25, -0.2) is 0 Å². The Labute approximate surface area is 403 Å². The minimum Gasteiger partial charge on any atom is -0.394 e. The molecule has 1 unspecified atom stereocenters. The van der Waals surface area contributed by atoms with Crippen molar-refractivity contribution in [1.82, 2.24) is 10.6 Å². The Kier molecular flexibility index (Phi) is 20.2. The van der Waals surface area contributed by atoms with E-state index in [1.807, 2.05) is 0 Å². The van der Waals surface area contributed by atoms with Gasteiger partial charge in [0, 0.05) is 13.8 Å². The van der Waals surface area contributed by atoms with Gasteiger partial charge in [0.2, 0.25) is 11.8 Å². The molecule has 18 N–H and O–H groups in total. The molecule has 0 aromatic carbocycles. The van der Waals surface area contributed by atoms with Gasteiger partial charge in [-0.2, -0.15) is 0 Å². The van der Waals surface area contributed by atoms with Gasteiger partial charge in [0.15, 0.2) is 37.7 Å². The average Bonchev–Trinajstić information content (AvgIpc) is 3.33. The summed E-state index contributed by atoms with van der Waals surface area (Å²) in [6.07, 6.45) is -51.4. The molecule has 0 aromatic heterocycles. The first-order chi connectivity index (χ1) is 33.5. The molecule has 6 saturated heterocycles. The molecule has 412 valence electrons. The summed E-state index contributed by atoms with van der Waals surface area (Å²) < 4.78 is 64.6. The number of ether oxygens (including phenoxy) is 11. The standard InChI is InChI=1S/C40H68N2O29/c1-9-19(49)23(53)26(56)37(61-9)67-31-16(8-46)66-36(18(42-12(4)48)33(31)70-39-28(58)25(55)21(51)13(5-43)64-39)71-34-22(52)14(6-44)65-40(29(34)59)68-30-15(7-45)63-35(60)17(41-11(3)47)32(30)69-38-27(57)24(54)20(50)10(2)62-38/h9-10,13-40,43-46,49-60H,5-8H2,1-4H3,(H,41,47)(H,42,48)/t9-,10-,13+,14+,15+,16+,17+,18+,19+,20+,21-,22-,23+,24+,25-,26-,27-,28+,29+,30+,31+,32+,33+,34-,35?,36-,37-,38-,39-,40-/m0/s1. The lowest BCUT2D eigenvalue weighted by atomic mass is 9.93. The van der Waals surface area contributed by atoms with Gasteiger partial charge in [-0.3, -0.25) is 9.59 Å². The lowest BCUT2D eigenvalue weighted by molar-refractivity contribution is -0.393. The van der Waals surface area contributed by atoms with E-state index < -0.39 is 222 Å². The lowest BCUT2D eigenvalue weighted by Gasteiger charge is -2.52. The fourth-order valence-electron chi connectivity index (χ4n) is 9.19. The normalized spacial score (nSPS) is 50.8. The second-order valence-electron chi connectivity index (χ2n) is 18.2. The average molecular weight is 1040 g/mol. The highest BCUT2D eigenvalue weighted by Crippen LogP contribution is 2.38. The molecule has 0 spiro atoms. The Hall–Kier alpha value is -2.14. The topological polar surface area (TPSA) is 483 Å². The van der Waals surface area contributed by atoms with E-state index in [2.05, 4.69) is 10.6 Å². The predicted octanol–water partition coefficient (Wildman–Crippen LogP) is -11.8. The van der Waals surface area contributed by atoms with Crippen LogP contribution >= 0.6 is 0 Å². The highest BCUT2D eigenvalue weighted by molar-refractivity contribution is 5.73. The third kappa shape index (κ3) is 12.4. The maximum Gasteiger partial charge on any atom is 0.217 e. The van der Waals surface area contributed by atoms with E-state index in [0.29, 0.717) is 0 Å². The second-order valence-corrected chi connectivity index (χ2v) is 18.2. The number of aliphatic hydroxyl groups excluding tert-OH is 16. The van der Waals surface area contributed by atoms with Crippen molar-refractivity contribution in [2.75, 3.05) is 26.4 Å². The van der Waals surface area contributed by atoms with E-state index in [1.54, 1.807) is 0 Å². The third-order valence-corrected chi connectivity index (χ3v) is 13.2. The van der Waals surface area contributed by atoms with E-state index in [1.165, 1.54) is 13.8 Å². The fraction of sp³-hybridized carbons (Fsp3) is 0.950. The molecule has 30 atom stereocenters. The molecule has 0 radical (unpaired) electrons. The number of nitrogens with one attached hydrogen (secondary N) is 2. The number of carbonyl (C=O) groups excluding carboxylic acids is 2. The van der Waals surface area contributed by atoms with Crippen LogP contribution in [0.1, 0.15) is 27.7 Å². The Morgan fingerprint density at radius 1 is 0.366 bits per heavy atom. The summed E-state index contributed by atoms with van der Waals surface area (Å²) in [4.78, 5) is 25.4. The first-order valence-electron chi connectivity index (χ1n) is 22.8. The number of aliphatic hydroxyl groups is 16. The summed E-state index contributed by atoms with van der Waals surface area (Å²) in [6, 6.07) is -3.46. The van der Waals surface area contributed by atoms with Crippen LogP contribution < -0.4 is 10.6 Å². The van der Waals surface area contributed by atoms with E-state index in [9.17, 15) is 91.3 Å². The van der Waals surface area contributed by atoms with Crippen molar-refractivity contribution in [1.29, 1.82) is 0 Å². The monoisotopic (exact) mass is 1040 g/mol. The molecule has 2 amide bonds. The van der Waals surface area contributed by atoms with Crippen molar-refractivity contribution >= 4 is 11.8 Å². The molecule has 6 rings (SSSR count). The summed E-state index contributed by atoms with van der Waals surface area (Å²) in [5.74, 6) is -1.65. The van der Waals surface area contributed by atoms with Gasteiger partial charge >= 0.3 is 0 Å². The van der Waals surface area contributed by atoms with Crippen LogP contribution in [0, 0.1) is 0 Å². The Morgan fingerprint density at radius 2 is 0.704 bits per heavy atom. The van der Waals surface area contributed by atoms with Crippen LogP contribution in [0.25, 0.3) is 0 Å². The summed E-state index contributed by atoms with van der Waals surface area (Å²) in [5, 5.41) is 177. The number of rotatable bonds is 16. The van der Waals surface area contributed by atoms with E-state index in [-0.39, 0.29) is 0 Å². The van der Waals surface area contributed by atoms with Gasteiger partial charge in [0.1, 0.15) is 134 Å². The van der Waals surface area contributed by atoms with Crippen molar-refractivity contribution in [3.05, 3.63) is 0 Å². The van der Waals surface area contributed by atoms with Crippen LogP contribution in [0.5, 0.6) is 0 Å². The molecule has 0 bridgehead atoms. The first kappa shape index (κ1) is 58.1. The van der Waals surface area contributed by atoms with E-state index >= 15 is 0 Å². The molecular weight excluding hydrogens is 972 g/mol. The molecule has 71 heavy (non-hydrogen) atoms. The minimum absolute atomic E-state index is 0.774.